The molecule has 1 amide bonds. The first kappa shape index (κ1) is 21.8. The van der Waals surface area contributed by atoms with E-state index >= 15 is 0 Å². The minimum Gasteiger partial charge on any atom is -0.503 e. The van der Waals surface area contributed by atoms with E-state index in [1.54, 1.807) is 55.6 Å². The number of carbonyl (C=O) groups is 2. The Balaban J connectivity index is 1.60. The van der Waals surface area contributed by atoms with Crippen LogP contribution in [0.5, 0.6) is 5.75 Å². The van der Waals surface area contributed by atoms with Crippen molar-refractivity contribution < 1.29 is 23.8 Å². The number of benzene rings is 3. The number of nitrogens with zero attached hydrogens (tertiary/aromatic N) is 1. The third-order valence-corrected chi connectivity index (χ3v) is 6.17. The number of para-hydroxylation sites is 2. The van der Waals surface area contributed by atoms with E-state index in [0.717, 1.165) is 10.9 Å². The molecule has 5 rings (SSSR count). The van der Waals surface area contributed by atoms with E-state index < -0.39 is 23.5 Å². The number of ketones is 1. The van der Waals surface area contributed by atoms with Crippen molar-refractivity contribution in [2.45, 2.75) is 12.6 Å². The van der Waals surface area contributed by atoms with Gasteiger partial charge >= 0.3 is 0 Å². The highest BCUT2D eigenvalue weighted by Gasteiger charge is 2.44. The summed E-state index contributed by atoms with van der Waals surface area (Å²) in [4.78, 5) is 28.3. The minimum atomic E-state index is -0.838. The van der Waals surface area contributed by atoms with Crippen LogP contribution in [0.1, 0.15) is 27.7 Å². The summed E-state index contributed by atoms with van der Waals surface area (Å²) in [5, 5.41) is 12.2. The molecule has 0 aliphatic carbocycles. The molecule has 4 aromatic rings. The predicted octanol–water partition coefficient (Wildman–Crippen LogP) is 5.87. The maximum Gasteiger partial charge on any atom is 0.290 e. The van der Waals surface area contributed by atoms with Gasteiger partial charge in [0.15, 0.2) is 11.5 Å². The van der Waals surface area contributed by atoms with Crippen molar-refractivity contribution >= 4 is 34.3 Å². The molecular weight excluding hydrogens is 454 g/mol. The zero-order valence-electron chi connectivity index (χ0n) is 18.2. The van der Waals surface area contributed by atoms with Crippen molar-refractivity contribution in [3.8, 4) is 5.75 Å². The molecule has 0 radical (unpaired) electrons. The molecule has 0 saturated carbocycles. The summed E-state index contributed by atoms with van der Waals surface area (Å²) >= 11 is 6.08. The molecule has 1 N–H and O–H groups in total. The number of hydrogen-bond donors (Lipinski definition) is 1. The lowest BCUT2D eigenvalue weighted by Gasteiger charge is -2.27. The van der Waals surface area contributed by atoms with Gasteiger partial charge in [-0.1, -0.05) is 60.1 Å². The summed E-state index contributed by atoms with van der Waals surface area (Å²) in [6, 6.07) is 22.1. The molecule has 6 nitrogen and oxygen atoms in total. The molecule has 0 spiro atoms. The van der Waals surface area contributed by atoms with Gasteiger partial charge in [-0.3, -0.25) is 9.59 Å². The van der Waals surface area contributed by atoms with Crippen molar-refractivity contribution in [2.24, 2.45) is 0 Å². The number of furan rings is 1. The average molecular weight is 474 g/mol. The molecule has 0 saturated heterocycles. The number of rotatable bonds is 6. The molecule has 2 heterocycles. The zero-order chi connectivity index (χ0) is 23.8. The molecule has 1 aliphatic rings. The van der Waals surface area contributed by atoms with Gasteiger partial charge in [0.1, 0.15) is 11.3 Å². The van der Waals surface area contributed by atoms with Crippen LogP contribution in [0, 0.1) is 0 Å². The Morgan fingerprint density at radius 1 is 1.06 bits per heavy atom. The molecule has 0 bridgehead atoms. The standard InChI is InChI=1S/C27H20ClNO5/c1-33-20-8-4-3-7-18(20)15-29-24(16-10-12-19(28)13-11-16)23(26(31)27(29)32)25(30)22-14-17-6-2-5-9-21(17)34-22/h2-14,24,31H,15H2,1H3. The van der Waals surface area contributed by atoms with E-state index in [2.05, 4.69) is 0 Å². The van der Waals surface area contributed by atoms with E-state index in [1.165, 1.54) is 4.90 Å². The van der Waals surface area contributed by atoms with Gasteiger partial charge in [-0.05, 0) is 35.9 Å². The van der Waals surface area contributed by atoms with Crippen molar-refractivity contribution in [1.82, 2.24) is 4.90 Å². The number of amides is 1. The van der Waals surface area contributed by atoms with Crippen molar-refractivity contribution in [3.63, 3.8) is 0 Å². The zero-order valence-corrected chi connectivity index (χ0v) is 19.0. The minimum absolute atomic E-state index is 0.0405. The summed E-state index contributed by atoms with van der Waals surface area (Å²) < 4.78 is 11.2. The largest absolute Gasteiger partial charge is 0.503 e. The van der Waals surface area contributed by atoms with Gasteiger partial charge in [-0.2, -0.15) is 0 Å². The van der Waals surface area contributed by atoms with Gasteiger partial charge in [0.05, 0.1) is 25.3 Å². The van der Waals surface area contributed by atoms with Crippen molar-refractivity contribution in [3.05, 3.63) is 112 Å². The van der Waals surface area contributed by atoms with Crippen LogP contribution >= 0.6 is 11.6 Å². The van der Waals surface area contributed by atoms with Gasteiger partial charge in [0, 0.05) is 16.0 Å². The first-order valence-corrected chi connectivity index (χ1v) is 11.0. The van der Waals surface area contributed by atoms with Crippen LogP contribution in [0.2, 0.25) is 5.02 Å². The summed E-state index contributed by atoms with van der Waals surface area (Å²) in [5.74, 6) is -1.15. The molecule has 1 atom stereocenters. The first-order valence-electron chi connectivity index (χ1n) is 10.6. The molecule has 1 unspecified atom stereocenters. The van der Waals surface area contributed by atoms with Crippen LogP contribution in [0.25, 0.3) is 11.0 Å². The fraction of sp³-hybridized carbons (Fsp3) is 0.111. The first-order chi connectivity index (χ1) is 16.5. The van der Waals surface area contributed by atoms with Crippen LogP contribution < -0.4 is 4.74 Å². The number of ether oxygens (including phenoxy) is 1. The van der Waals surface area contributed by atoms with E-state index in [4.69, 9.17) is 20.8 Å². The highest BCUT2D eigenvalue weighted by Crippen LogP contribution is 2.41. The molecule has 1 aromatic heterocycles. The Hall–Kier alpha value is -4.03. The van der Waals surface area contributed by atoms with Crippen LogP contribution in [-0.2, 0) is 11.3 Å². The van der Waals surface area contributed by atoms with Gasteiger partial charge in [-0.15, -0.1) is 0 Å². The predicted molar refractivity (Wildman–Crippen MR) is 128 cm³/mol. The van der Waals surface area contributed by atoms with Gasteiger partial charge < -0.3 is 19.2 Å². The number of hydrogen-bond acceptors (Lipinski definition) is 5. The van der Waals surface area contributed by atoms with E-state index in [9.17, 15) is 14.7 Å². The highest BCUT2D eigenvalue weighted by molar-refractivity contribution is 6.30. The Morgan fingerprint density at radius 3 is 2.50 bits per heavy atom. The highest BCUT2D eigenvalue weighted by atomic mass is 35.5. The second-order valence-corrected chi connectivity index (χ2v) is 8.38. The number of halogens is 1. The molecule has 34 heavy (non-hydrogen) atoms. The van der Waals surface area contributed by atoms with Crippen LogP contribution in [0.15, 0.2) is 94.6 Å². The number of carbonyl (C=O) groups excluding carboxylic acids is 2. The lowest BCUT2D eigenvalue weighted by Crippen LogP contribution is -2.30. The Labute approximate surface area is 200 Å². The summed E-state index contributed by atoms with van der Waals surface area (Å²) in [7, 11) is 1.55. The molecule has 170 valence electrons. The SMILES string of the molecule is COc1ccccc1CN1C(=O)C(O)=C(C(=O)c2cc3ccccc3o2)C1c1ccc(Cl)cc1. The fourth-order valence-electron chi connectivity index (χ4n) is 4.28. The van der Waals surface area contributed by atoms with Gasteiger partial charge in [0.25, 0.3) is 5.91 Å². The number of fused-ring (bicyclic) bond motifs is 1. The number of Topliss-reactive ketones (excluding diaryl/α,β-unsaturated/α-hetero) is 1. The molecule has 0 fully saturated rings. The third kappa shape index (κ3) is 3.72. The van der Waals surface area contributed by atoms with E-state index in [1.807, 2.05) is 30.3 Å². The quantitative estimate of drug-likeness (QED) is 0.354. The Morgan fingerprint density at radius 2 is 1.76 bits per heavy atom. The third-order valence-electron chi connectivity index (χ3n) is 5.92. The maximum atomic E-state index is 13.6. The fourth-order valence-corrected chi connectivity index (χ4v) is 4.41. The number of aliphatic hydroxyl groups excluding tert-OH is 1. The average Bonchev–Trinajstić information content (AvgIpc) is 3.39. The summed E-state index contributed by atoms with van der Waals surface area (Å²) in [5.41, 5.74) is 1.88. The van der Waals surface area contributed by atoms with Crippen molar-refractivity contribution in [2.75, 3.05) is 7.11 Å². The molecule has 7 heteroatoms. The number of aliphatic hydroxyl groups is 1. The van der Waals surface area contributed by atoms with Gasteiger partial charge in [0.2, 0.25) is 5.78 Å². The van der Waals surface area contributed by atoms with Crippen LogP contribution in [-0.4, -0.2) is 28.8 Å². The summed E-state index contributed by atoms with van der Waals surface area (Å²) in [6.45, 7) is 0.122. The molecule has 1 aliphatic heterocycles. The Kier molecular flexibility index (Phi) is 5.59. The normalized spacial score (nSPS) is 15.9. The van der Waals surface area contributed by atoms with Crippen LogP contribution in [0.4, 0.5) is 0 Å². The number of methoxy groups -OCH3 is 1. The second kappa shape index (κ2) is 8.72. The van der Waals surface area contributed by atoms with Crippen LogP contribution in [0.3, 0.4) is 0 Å². The summed E-state index contributed by atoms with van der Waals surface area (Å²) in [6.07, 6.45) is 0. The smallest absolute Gasteiger partial charge is 0.290 e. The van der Waals surface area contributed by atoms with E-state index in [-0.39, 0.29) is 17.9 Å². The van der Waals surface area contributed by atoms with E-state index in [0.29, 0.717) is 21.9 Å². The molecular formula is C27H20ClNO5. The Bertz CT molecular complexity index is 1400. The topological polar surface area (TPSA) is 80.0 Å². The monoisotopic (exact) mass is 473 g/mol. The maximum absolute atomic E-state index is 13.6. The van der Waals surface area contributed by atoms with Crippen molar-refractivity contribution in [1.29, 1.82) is 0 Å². The second-order valence-electron chi connectivity index (χ2n) is 7.94. The lowest BCUT2D eigenvalue weighted by molar-refractivity contribution is -0.130. The van der Waals surface area contributed by atoms with Gasteiger partial charge in [-0.25, -0.2) is 0 Å². The lowest BCUT2D eigenvalue weighted by atomic mass is 9.94. The molecule has 3 aromatic carbocycles.